The van der Waals surface area contributed by atoms with Gasteiger partial charge >= 0.3 is 11.9 Å². The predicted octanol–water partition coefficient (Wildman–Crippen LogP) is 0.0910. The van der Waals surface area contributed by atoms with Gasteiger partial charge in [0.2, 0.25) is 0 Å². The fourth-order valence-electron chi connectivity index (χ4n) is 0.769. The Bertz CT molecular complexity index is 224. The topological polar surface area (TPSA) is 93.1 Å². The van der Waals surface area contributed by atoms with Gasteiger partial charge in [-0.2, -0.15) is 0 Å². The Morgan fingerprint density at radius 2 is 1.64 bits per heavy atom. The van der Waals surface area contributed by atoms with Crippen LogP contribution in [0.4, 0.5) is 0 Å². The van der Waals surface area contributed by atoms with E-state index in [0.29, 0.717) is 0 Å². The van der Waals surface area contributed by atoms with Crippen molar-refractivity contribution in [2.45, 2.75) is 12.7 Å². The quantitative estimate of drug-likeness (QED) is 0.275. The second-order valence-corrected chi connectivity index (χ2v) is 2.36. The molecule has 0 heterocycles. The third-order valence-electron chi connectivity index (χ3n) is 1.50. The zero-order valence-electron chi connectivity index (χ0n) is 7.89. The van der Waals surface area contributed by atoms with Crippen molar-refractivity contribution in [3.8, 4) is 0 Å². The minimum atomic E-state index is -1.48. The Morgan fingerprint density at radius 3 is 1.93 bits per heavy atom. The van der Waals surface area contributed by atoms with Crippen LogP contribution in [0, 0.1) is 0 Å². The average molecular weight is 204 g/mol. The Hall–Kier alpha value is -1.40. The SMILES string of the molecule is COC(CC=C(C(=O)O)C(=O)O)OC. The van der Waals surface area contributed by atoms with Crippen molar-refractivity contribution in [1.82, 2.24) is 0 Å². The smallest absolute Gasteiger partial charge is 0.342 e. The van der Waals surface area contributed by atoms with Crippen molar-refractivity contribution in [2.24, 2.45) is 0 Å². The van der Waals surface area contributed by atoms with E-state index >= 15 is 0 Å². The molecule has 0 spiro atoms. The lowest BCUT2D eigenvalue weighted by Gasteiger charge is -2.10. The lowest BCUT2D eigenvalue weighted by atomic mass is 10.2. The zero-order valence-corrected chi connectivity index (χ0v) is 7.89. The van der Waals surface area contributed by atoms with E-state index in [0.717, 1.165) is 6.08 Å². The molecule has 0 unspecified atom stereocenters. The summed E-state index contributed by atoms with van der Waals surface area (Å²) in [6.45, 7) is 0. The third-order valence-corrected chi connectivity index (χ3v) is 1.50. The number of hydrogen-bond acceptors (Lipinski definition) is 4. The first-order valence-electron chi connectivity index (χ1n) is 3.75. The van der Waals surface area contributed by atoms with Gasteiger partial charge in [-0.15, -0.1) is 0 Å². The highest BCUT2D eigenvalue weighted by atomic mass is 16.7. The summed E-state index contributed by atoms with van der Waals surface area (Å²) >= 11 is 0. The Morgan fingerprint density at radius 1 is 1.21 bits per heavy atom. The van der Waals surface area contributed by atoms with E-state index < -0.39 is 23.8 Å². The average Bonchev–Trinajstić information content (AvgIpc) is 2.11. The van der Waals surface area contributed by atoms with Gasteiger partial charge in [0.1, 0.15) is 5.57 Å². The van der Waals surface area contributed by atoms with Crippen LogP contribution < -0.4 is 0 Å². The van der Waals surface area contributed by atoms with Gasteiger partial charge in [-0.25, -0.2) is 9.59 Å². The second kappa shape index (κ2) is 6.11. The number of carbonyl (C=O) groups is 2. The summed E-state index contributed by atoms with van der Waals surface area (Å²) in [6, 6.07) is 0. The van der Waals surface area contributed by atoms with Gasteiger partial charge in [0.25, 0.3) is 0 Å². The molecule has 0 saturated carbocycles. The summed E-state index contributed by atoms with van der Waals surface area (Å²) in [4.78, 5) is 20.8. The molecule has 0 aliphatic heterocycles. The molecule has 0 radical (unpaired) electrons. The predicted molar refractivity (Wildman–Crippen MR) is 45.8 cm³/mol. The van der Waals surface area contributed by atoms with Gasteiger partial charge in [0.15, 0.2) is 6.29 Å². The summed E-state index contributed by atoms with van der Waals surface area (Å²) in [5.41, 5.74) is -0.691. The first-order valence-corrected chi connectivity index (χ1v) is 3.75. The standard InChI is InChI=1S/C8H12O6/c1-13-6(14-2)4-3-5(7(9)10)8(11)12/h3,6H,4H2,1-2H3,(H,9,10)(H,11,12). The van der Waals surface area contributed by atoms with Gasteiger partial charge < -0.3 is 19.7 Å². The molecular weight excluding hydrogens is 192 g/mol. The minimum absolute atomic E-state index is 0.0704. The van der Waals surface area contributed by atoms with Crippen LogP contribution in [-0.2, 0) is 19.1 Å². The molecule has 0 aliphatic rings. The van der Waals surface area contributed by atoms with E-state index in [1.54, 1.807) is 0 Å². The maximum Gasteiger partial charge on any atom is 0.342 e. The van der Waals surface area contributed by atoms with Crippen LogP contribution in [-0.4, -0.2) is 42.7 Å². The fourth-order valence-corrected chi connectivity index (χ4v) is 0.769. The minimum Gasteiger partial charge on any atom is -0.477 e. The maximum atomic E-state index is 10.4. The molecule has 0 bridgehead atoms. The third kappa shape index (κ3) is 4.01. The molecular formula is C8H12O6. The van der Waals surface area contributed by atoms with Gasteiger partial charge in [0.05, 0.1) is 0 Å². The molecule has 14 heavy (non-hydrogen) atoms. The van der Waals surface area contributed by atoms with Crippen molar-refractivity contribution in [1.29, 1.82) is 0 Å². The summed E-state index contributed by atoms with van der Waals surface area (Å²) < 4.78 is 9.51. The van der Waals surface area contributed by atoms with Gasteiger partial charge in [-0.05, 0) is 0 Å². The van der Waals surface area contributed by atoms with Crippen molar-refractivity contribution in [2.75, 3.05) is 14.2 Å². The largest absolute Gasteiger partial charge is 0.477 e. The molecule has 0 aromatic carbocycles. The molecule has 0 amide bonds. The van der Waals surface area contributed by atoms with Crippen LogP contribution in [0.5, 0.6) is 0 Å². The van der Waals surface area contributed by atoms with Crippen LogP contribution in [0.15, 0.2) is 11.6 Å². The number of methoxy groups -OCH3 is 2. The lowest BCUT2D eigenvalue weighted by Crippen LogP contribution is -2.15. The number of rotatable bonds is 6. The summed E-state index contributed by atoms with van der Waals surface area (Å²) in [6.07, 6.45) is 0.479. The highest BCUT2D eigenvalue weighted by Crippen LogP contribution is 2.03. The molecule has 0 atom stereocenters. The van der Waals surface area contributed by atoms with Gasteiger partial charge in [-0.1, -0.05) is 6.08 Å². The zero-order chi connectivity index (χ0) is 11.1. The van der Waals surface area contributed by atoms with Gasteiger partial charge in [0, 0.05) is 20.6 Å². The van der Waals surface area contributed by atoms with Crippen LogP contribution in [0.3, 0.4) is 0 Å². The van der Waals surface area contributed by atoms with E-state index in [1.807, 2.05) is 0 Å². The monoisotopic (exact) mass is 204 g/mol. The number of ether oxygens (including phenoxy) is 2. The van der Waals surface area contributed by atoms with Crippen LogP contribution in [0.1, 0.15) is 6.42 Å². The van der Waals surface area contributed by atoms with Crippen LogP contribution >= 0.6 is 0 Å². The molecule has 6 nitrogen and oxygen atoms in total. The van der Waals surface area contributed by atoms with Crippen molar-refractivity contribution in [3.63, 3.8) is 0 Å². The highest BCUT2D eigenvalue weighted by molar-refractivity contribution is 6.12. The number of carboxylic acid groups (broad SMARTS) is 2. The van der Waals surface area contributed by atoms with E-state index in [2.05, 4.69) is 0 Å². The Kier molecular flexibility index (Phi) is 5.50. The number of hydrogen-bond donors (Lipinski definition) is 2. The normalized spacial score (nSPS) is 9.93. The van der Waals surface area contributed by atoms with Gasteiger partial charge in [-0.3, -0.25) is 0 Å². The van der Waals surface area contributed by atoms with E-state index in [9.17, 15) is 9.59 Å². The molecule has 0 fully saturated rings. The maximum absolute atomic E-state index is 10.4. The molecule has 0 saturated heterocycles. The number of aliphatic carboxylic acids is 2. The molecule has 0 rings (SSSR count). The van der Waals surface area contributed by atoms with E-state index in [4.69, 9.17) is 19.7 Å². The molecule has 6 heteroatoms. The molecule has 2 N–H and O–H groups in total. The van der Waals surface area contributed by atoms with E-state index in [1.165, 1.54) is 14.2 Å². The summed E-state index contributed by atoms with van der Waals surface area (Å²) in [5, 5.41) is 16.9. The highest BCUT2D eigenvalue weighted by Gasteiger charge is 2.16. The van der Waals surface area contributed by atoms with E-state index in [-0.39, 0.29) is 6.42 Å². The molecule has 0 aromatic heterocycles. The second-order valence-electron chi connectivity index (χ2n) is 2.36. The molecule has 0 aromatic rings. The first kappa shape index (κ1) is 12.6. The molecule has 80 valence electrons. The van der Waals surface area contributed by atoms with Crippen molar-refractivity contribution in [3.05, 3.63) is 11.6 Å². The number of carboxylic acids is 2. The summed E-state index contributed by atoms with van der Waals surface area (Å²) in [7, 11) is 2.76. The fraction of sp³-hybridized carbons (Fsp3) is 0.500. The lowest BCUT2D eigenvalue weighted by molar-refractivity contribution is -0.140. The van der Waals surface area contributed by atoms with Crippen LogP contribution in [0.25, 0.3) is 0 Å². The van der Waals surface area contributed by atoms with Crippen LogP contribution in [0.2, 0.25) is 0 Å². The Labute approximate surface area is 80.7 Å². The Balaban J connectivity index is 4.44. The summed E-state index contributed by atoms with van der Waals surface area (Å²) in [5.74, 6) is -2.97. The van der Waals surface area contributed by atoms with Crippen molar-refractivity contribution < 1.29 is 29.3 Å². The van der Waals surface area contributed by atoms with Crippen molar-refractivity contribution >= 4 is 11.9 Å². The molecule has 0 aliphatic carbocycles. The first-order chi connectivity index (χ1) is 6.52.